The highest BCUT2D eigenvalue weighted by Gasteiger charge is 2.09. The Balaban J connectivity index is 1.43. The highest BCUT2D eigenvalue weighted by Crippen LogP contribution is 2.11. The number of amides is 2. The van der Waals surface area contributed by atoms with Crippen molar-refractivity contribution < 1.29 is 9.59 Å². The maximum absolute atomic E-state index is 12.3. The van der Waals surface area contributed by atoms with E-state index in [1.165, 1.54) is 0 Å². The molecular weight excluding hydrogens is 419 g/mol. The molecule has 4 nitrogen and oxygen atoms in total. The van der Waals surface area contributed by atoms with Gasteiger partial charge < -0.3 is 10.6 Å². The van der Waals surface area contributed by atoms with Crippen LogP contribution in [0.2, 0.25) is 10.0 Å². The van der Waals surface area contributed by atoms with Gasteiger partial charge in [0.2, 0.25) is 0 Å². The molecule has 0 radical (unpaired) electrons. The number of carbonyl (C=O) groups is 2. The van der Waals surface area contributed by atoms with E-state index < -0.39 is 0 Å². The fourth-order valence-corrected chi connectivity index (χ4v) is 3.17. The van der Waals surface area contributed by atoms with Gasteiger partial charge in [0.15, 0.2) is 0 Å². The van der Waals surface area contributed by atoms with E-state index in [2.05, 4.69) is 10.6 Å². The molecule has 3 rings (SSSR count). The molecule has 0 bridgehead atoms. The minimum atomic E-state index is -0.168. The first kappa shape index (κ1) is 21.9. The van der Waals surface area contributed by atoms with E-state index in [4.69, 9.17) is 23.2 Å². The van der Waals surface area contributed by atoms with Gasteiger partial charge in [-0.2, -0.15) is 0 Å². The molecule has 6 heteroatoms. The van der Waals surface area contributed by atoms with Gasteiger partial charge in [0.05, 0.1) is 0 Å². The third-order valence-electron chi connectivity index (χ3n) is 4.63. The molecule has 0 atom stereocenters. The predicted molar refractivity (Wildman–Crippen MR) is 121 cm³/mol. The van der Waals surface area contributed by atoms with Crippen LogP contribution < -0.4 is 10.6 Å². The van der Waals surface area contributed by atoms with Crippen molar-refractivity contribution in [3.05, 3.63) is 105 Å². The van der Waals surface area contributed by atoms with Crippen molar-refractivity contribution in [2.45, 2.75) is 12.8 Å². The van der Waals surface area contributed by atoms with Crippen LogP contribution in [0.4, 0.5) is 0 Å². The third kappa shape index (κ3) is 6.61. The maximum Gasteiger partial charge on any atom is 0.251 e. The number of hydrogen-bond acceptors (Lipinski definition) is 2. The Labute approximate surface area is 186 Å². The lowest BCUT2D eigenvalue weighted by Crippen LogP contribution is -2.27. The molecule has 0 aliphatic carbocycles. The van der Waals surface area contributed by atoms with Gasteiger partial charge in [0, 0.05) is 34.3 Å². The van der Waals surface area contributed by atoms with Crippen LogP contribution in [-0.2, 0) is 12.8 Å². The highest BCUT2D eigenvalue weighted by atomic mass is 35.5. The van der Waals surface area contributed by atoms with E-state index in [9.17, 15) is 9.59 Å². The monoisotopic (exact) mass is 440 g/mol. The Bertz CT molecular complexity index is 903. The number of rotatable bonds is 8. The Morgan fingerprint density at radius 3 is 1.23 bits per heavy atom. The van der Waals surface area contributed by atoms with Crippen LogP contribution in [0, 0.1) is 0 Å². The van der Waals surface area contributed by atoms with Crippen molar-refractivity contribution in [3.8, 4) is 0 Å². The largest absolute Gasteiger partial charge is 0.352 e. The number of halogens is 2. The third-order valence-corrected chi connectivity index (χ3v) is 5.14. The fraction of sp³-hybridized carbons (Fsp3) is 0.167. The molecule has 0 aromatic heterocycles. The van der Waals surface area contributed by atoms with Crippen molar-refractivity contribution >= 4 is 35.0 Å². The van der Waals surface area contributed by atoms with Crippen LogP contribution >= 0.6 is 23.2 Å². The van der Waals surface area contributed by atoms with Crippen LogP contribution in [-0.4, -0.2) is 24.9 Å². The molecule has 0 unspecified atom stereocenters. The second-order valence-corrected chi connectivity index (χ2v) is 7.71. The first-order valence-electron chi connectivity index (χ1n) is 9.66. The molecule has 0 saturated carbocycles. The summed E-state index contributed by atoms with van der Waals surface area (Å²) < 4.78 is 0. The van der Waals surface area contributed by atoms with Crippen LogP contribution in [0.15, 0.2) is 72.8 Å². The summed E-state index contributed by atoms with van der Waals surface area (Å²) in [6, 6.07) is 21.7. The molecule has 2 amide bonds. The van der Waals surface area contributed by atoms with Gasteiger partial charge in [-0.25, -0.2) is 0 Å². The van der Waals surface area contributed by atoms with Crippen LogP contribution in [0.1, 0.15) is 31.8 Å². The van der Waals surface area contributed by atoms with Crippen molar-refractivity contribution in [2.24, 2.45) is 0 Å². The minimum absolute atomic E-state index is 0.168. The second kappa shape index (κ2) is 10.8. The number of hydrogen-bond donors (Lipinski definition) is 2. The Morgan fingerprint density at radius 1 is 0.567 bits per heavy atom. The van der Waals surface area contributed by atoms with Crippen LogP contribution in [0.5, 0.6) is 0 Å². The molecule has 154 valence electrons. The molecule has 3 aromatic carbocycles. The van der Waals surface area contributed by atoms with Gasteiger partial charge in [0.25, 0.3) is 11.8 Å². The Kier molecular flexibility index (Phi) is 7.89. The van der Waals surface area contributed by atoms with Gasteiger partial charge in [-0.15, -0.1) is 0 Å². The Morgan fingerprint density at radius 2 is 0.900 bits per heavy atom. The highest BCUT2D eigenvalue weighted by molar-refractivity contribution is 6.30. The number of carbonyl (C=O) groups excluding carboxylic acids is 2. The molecule has 30 heavy (non-hydrogen) atoms. The zero-order valence-electron chi connectivity index (χ0n) is 16.3. The lowest BCUT2D eigenvalue weighted by Gasteiger charge is -2.08. The molecule has 0 aliphatic rings. The molecule has 0 fully saturated rings. The summed E-state index contributed by atoms with van der Waals surface area (Å²) in [7, 11) is 0. The molecule has 0 spiro atoms. The smallest absolute Gasteiger partial charge is 0.251 e. The lowest BCUT2D eigenvalue weighted by atomic mass is 10.1. The van der Waals surface area contributed by atoms with Gasteiger partial charge in [0.1, 0.15) is 0 Å². The normalized spacial score (nSPS) is 10.5. The molecule has 3 aromatic rings. The number of nitrogens with one attached hydrogen (secondary N) is 2. The molecule has 2 N–H and O–H groups in total. The van der Waals surface area contributed by atoms with Gasteiger partial charge in [-0.05, 0) is 72.5 Å². The van der Waals surface area contributed by atoms with E-state index in [1.54, 1.807) is 24.3 Å². The summed E-state index contributed by atoms with van der Waals surface area (Å²) >= 11 is 11.7. The minimum Gasteiger partial charge on any atom is -0.352 e. The lowest BCUT2D eigenvalue weighted by molar-refractivity contribution is 0.0942. The van der Waals surface area contributed by atoms with E-state index >= 15 is 0 Å². The van der Waals surface area contributed by atoms with Crippen LogP contribution in [0.25, 0.3) is 0 Å². The molecule has 0 aliphatic heterocycles. The second-order valence-electron chi connectivity index (χ2n) is 6.84. The SMILES string of the molecule is O=C(NCCc1ccc(Cl)cc1)c1ccc(C(=O)NCCc2ccc(Cl)cc2)cc1. The maximum atomic E-state index is 12.3. The van der Waals surface area contributed by atoms with E-state index in [0.717, 1.165) is 24.0 Å². The quantitative estimate of drug-likeness (QED) is 0.521. The fourth-order valence-electron chi connectivity index (χ4n) is 2.92. The van der Waals surface area contributed by atoms with Crippen molar-refractivity contribution in [1.82, 2.24) is 10.6 Å². The molecule has 0 heterocycles. The summed E-state index contributed by atoms with van der Waals surface area (Å²) in [4.78, 5) is 24.6. The van der Waals surface area contributed by atoms with E-state index in [-0.39, 0.29) is 11.8 Å². The molecule has 0 saturated heterocycles. The summed E-state index contributed by atoms with van der Waals surface area (Å²) in [5.74, 6) is -0.336. The topological polar surface area (TPSA) is 58.2 Å². The van der Waals surface area contributed by atoms with Gasteiger partial charge >= 0.3 is 0 Å². The summed E-state index contributed by atoms with van der Waals surface area (Å²) in [6.07, 6.45) is 1.44. The van der Waals surface area contributed by atoms with Crippen molar-refractivity contribution in [2.75, 3.05) is 13.1 Å². The average Bonchev–Trinajstić information content (AvgIpc) is 2.76. The van der Waals surface area contributed by atoms with Crippen molar-refractivity contribution in [3.63, 3.8) is 0 Å². The predicted octanol–water partition coefficient (Wildman–Crippen LogP) is 4.94. The summed E-state index contributed by atoms with van der Waals surface area (Å²) in [6.45, 7) is 1.04. The average molecular weight is 441 g/mol. The van der Waals surface area contributed by atoms with Gasteiger partial charge in [-0.3, -0.25) is 9.59 Å². The van der Waals surface area contributed by atoms with Crippen molar-refractivity contribution in [1.29, 1.82) is 0 Å². The summed E-state index contributed by atoms with van der Waals surface area (Å²) in [5, 5.41) is 7.15. The summed E-state index contributed by atoms with van der Waals surface area (Å²) in [5.41, 5.74) is 3.24. The standard InChI is InChI=1S/C24H22Cl2N2O2/c25-21-9-1-17(2-10-21)13-15-27-23(29)19-5-7-20(8-6-19)24(30)28-16-14-18-3-11-22(26)12-4-18/h1-12H,13-16H2,(H,27,29)(H,28,30). The first-order chi connectivity index (χ1) is 14.5. The Hall–Kier alpha value is -2.82. The van der Waals surface area contributed by atoms with Gasteiger partial charge in [-0.1, -0.05) is 47.5 Å². The molecular formula is C24H22Cl2N2O2. The van der Waals surface area contributed by atoms with E-state index in [0.29, 0.717) is 34.3 Å². The van der Waals surface area contributed by atoms with Crippen LogP contribution in [0.3, 0.4) is 0 Å². The van der Waals surface area contributed by atoms with E-state index in [1.807, 2.05) is 48.5 Å². The zero-order chi connectivity index (χ0) is 21.3. The first-order valence-corrected chi connectivity index (χ1v) is 10.4. The number of benzene rings is 3. The zero-order valence-corrected chi connectivity index (χ0v) is 17.8.